The zero-order valence-electron chi connectivity index (χ0n) is 14.4. The largest absolute Gasteiger partial charge is 0.454 e. The Morgan fingerprint density at radius 2 is 1.96 bits per heavy atom. The first-order valence-electron chi connectivity index (χ1n) is 8.17. The van der Waals surface area contributed by atoms with Crippen molar-refractivity contribution >= 4 is 12.0 Å². The summed E-state index contributed by atoms with van der Waals surface area (Å²) in [5.74, 6) is 0.944. The summed E-state index contributed by atoms with van der Waals surface area (Å²) in [4.78, 5) is 12.3. The second kappa shape index (κ2) is 8.04. The Morgan fingerprint density at radius 1 is 1.19 bits per heavy atom. The van der Waals surface area contributed by atoms with Crippen LogP contribution in [0.3, 0.4) is 0 Å². The second-order valence-electron chi connectivity index (χ2n) is 5.84. The minimum atomic E-state index is -0.411. The molecule has 3 rings (SSSR count). The highest BCUT2D eigenvalue weighted by atomic mass is 16.7. The first-order valence-corrected chi connectivity index (χ1v) is 8.17. The SMILES string of the molecule is CC(=C\c1ccccc1)/C=C(\C#N)C(=O)NCc1ccc2c(c1)OCO2. The van der Waals surface area contributed by atoms with Crippen molar-refractivity contribution in [2.45, 2.75) is 13.5 Å². The first-order chi connectivity index (χ1) is 12.7. The number of allylic oxidation sites excluding steroid dienone is 2. The molecule has 2 aromatic carbocycles. The Labute approximate surface area is 152 Å². The van der Waals surface area contributed by atoms with E-state index in [4.69, 9.17) is 9.47 Å². The van der Waals surface area contributed by atoms with Crippen LogP contribution in [0.2, 0.25) is 0 Å². The highest BCUT2D eigenvalue weighted by molar-refractivity contribution is 5.97. The van der Waals surface area contributed by atoms with E-state index in [0.717, 1.165) is 16.7 Å². The third kappa shape index (κ3) is 4.31. The maximum atomic E-state index is 12.3. The van der Waals surface area contributed by atoms with E-state index in [1.165, 1.54) is 0 Å². The lowest BCUT2D eigenvalue weighted by Gasteiger charge is -2.06. The van der Waals surface area contributed by atoms with Gasteiger partial charge in [-0.05, 0) is 41.8 Å². The number of carbonyl (C=O) groups excluding carboxylic acids is 1. The van der Waals surface area contributed by atoms with E-state index >= 15 is 0 Å². The molecule has 1 heterocycles. The maximum Gasteiger partial charge on any atom is 0.262 e. The van der Waals surface area contributed by atoms with Crippen LogP contribution >= 0.6 is 0 Å². The van der Waals surface area contributed by atoms with Gasteiger partial charge in [-0.15, -0.1) is 0 Å². The molecule has 0 spiro atoms. The molecular formula is C21H18N2O3. The number of hydrogen-bond acceptors (Lipinski definition) is 4. The molecule has 5 heteroatoms. The van der Waals surface area contributed by atoms with Crippen LogP contribution < -0.4 is 14.8 Å². The Kier molecular flexibility index (Phi) is 5.35. The van der Waals surface area contributed by atoms with Gasteiger partial charge in [0.2, 0.25) is 6.79 Å². The molecule has 0 unspecified atom stereocenters. The van der Waals surface area contributed by atoms with Crippen molar-refractivity contribution in [3.05, 3.63) is 76.9 Å². The Balaban J connectivity index is 1.65. The fraction of sp³-hybridized carbons (Fsp3) is 0.143. The normalized spacial score (nSPS) is 13.2. The van der Waals surface area contributed by atoms with Gasteiger partial charge in [0.15, 0.2) is 11.5 Å². The van der Waals surface area contributed by atoms with E-state index in [1.54, 1.807) is 12.1 Å². The number of carbonyl (C=O) groups is 1. The van der Waals surface area contributed by atoms with E-state index in [9.17, 15) is 10.1 Å². The lowest BCUT2D eigenvalue weighted by Crippen LogP contribution is -2.24. The van der Waals surface area contributed by atoms with Gasteiger partial charge in [0, 0.05) is 6.54 Å². The van der Waals surface area contributed by atoms with Crippen LogP contribution in [0.4, 0.5) is 0 Å². The summed E-state index contributed by atoms with van der Waals surface area (Å²) in [6.45, 7) is 2.37. The van der Waals surface area contributed by atoms with Crippen LogP contribution in [0.1, 0.15) is 18.1 Å². The molecule has 0 atom stereocenters. The zero-order valence-corrected chi connectivity index (χ0v) is 14.4. The molecule has 0 bridgehead atoms. The van der Waals surface area contributed by atoms with Crippen LogP contribution in [0.5, 0.6) is 11.5 Å². The molecule has 2 aromatic rings. The summed E-state index contributed by atoms with van der Waals surface area (Å²) in [6.07, 6.45) is 3.50. The summed E-state index contributed by atoms with van der Waals surface area (Å²) in [5.41, 5.74) is 2.78. The monoisotopic (exact) mass is 346 g/mol. The van der Waals surface area contributed by atoms with Gasteiger partial charge in [-0.25, -0.2) is 0 Å². The molecule has 26 heavy (non-hydrogen) atoms. The number of rotatable bonds is 5. The topological polar surface area (TPSA) is 71.4 Å². The average Bonchev–Trinajstić information content (AvgIpc) is 3.12. The number of hydrogen-bond donors (Lipinski definition) is 1. The van der Waals surface area contributed by atoms with E-state index in [-0.39, 0.29) is 12.4 Å². The first kappa shape index (κ1) is 17.3. The molecule has 0 saturated carbocycles. The predicted molar refractivity (Wildman–Crippen MR) is 98.2 cm³/mol. The number of benzene rings is 2. The van der Waals surface area contributed by atoms with E-state index in [2.05, 4.69) is 5.32 Å². The van der Waals surface area contributed by atoms with Gasteiger partial charge in [-0.1, -0.05) is 42.5 Å². The second-order valence-corrected chi connectivity index (χ2v) is 5.84. The van der Waals surface area contributed by atoms with Crippen molar-refractivity contribution in [1.29, 1.82) is 5.26 Å². The number of amides is 1. The van der Waals surface area contributed by atoms with E-state index in [1.807, 2.05) is 61.5 Å². The van der Waals surface area contributed by atoms with Gasteiger partial charge >= 0.3 is 0 Å². The van der Waals surface area contributed by atoms with Crippen LogP contribution in [-0.2, 0) is 11.3 Å². The van der Waals surface area contributed by atoms with Crippen LogP contribution in [-0.4, -0.2) is 12.7 Å². The number of nitrogens with zero attached hydrogens (tertiary/aromatic N) is 1. The van der Waals surface area contributed by atoms with Crippen molar-refractivity contribution in [1.82, 2.24) is 5.32 Å². The average molecular weight is 346 g/mol. The van der Waals surface area contributed by atoms with E-state index < -0.39 is 5.91 Å². The predicted octanol–water partition coefficient (Wildman–Crippen LogP) is 3.58. The molecule has 0 radical (unpaired) electrons. The molecular weight excluding hydrogens is 328 g/mol. The molecule has 1 aliphatic rings. The quantitative estimate of drug-likeness (QED) is 0.510. The maximum absolute atomic E-state index is 12.3. The van der Waals surface area contributed by atoms with Gasteiger partial charge in [0.05, 0.1) is 0 Å². The highest BCUT2D eigenvalue weighted by Gasteiger charge is 2.14. The molecule has 130 valence electrons. The van der Waals surface area contributed by atoms with Crippen molar-refractivity contribution in [3.63, 3.8) is 0 Å². The zero-order chi connectivity index (χ0) is 18.4. The van der Waals surface area contributed by atoms with Crippen LogP contribution in [0, 0.1) is 11.3 Å². The smallest absolute Gasteiger partial charge is 0.262 e. The molecule has 0 aliphatic carbocycles. The fourth-order valence-corrected chi connectivity index (χ4v) is 2.56. The summed E-state index contributed by atoms with van der Waals surface area (Å²) in [5, 5.41) is 12.0. The highest BCUT2D eigenvalue weighted by Crippen LogP contribution is 2.32. The van der Waals surface area contributed by atoms with Gasteiger partial charge in [-0.3, -0.25) is 4.79 Å². The van der Waals surface area contributed by atoms with Gasteiger partial charge in [0.25, 0.3) is 5.91 Å². The van der Waals surface area contributed by atoms with Crippen LogP contribution in [0.15, 0.2) is 65.8 Å². The number of fused-ring (bicyclic) bond motifs is 1. The number of nitriles is 1. The molecule has 1 amide bonds. The number of ether oxygens (including phenoxy) is 2. The van der Waals surface area contributed by atoms with Crippen molar-refractivity contribution in [2.24, 2.45) is 0 Å². The Morgan fingerprint density at radius 3 is 2.73 bits per heavy atom. The molecule has 0 saturated heterocycles. The minimum Gasteiger partial charge on any atom is -0.454 e. The van der Waals surface area contributed by atoms with Crippen LogP contribution in [0.25, 0.3) is 6.08 Å². The lowest BCUT2D eigenvalue weighted by atomic mass is 10.1. The number of nitrogens with one attached hydrogen (secondary N) is 1. The third-order valence-corrected chi connectivity index (χ3v) is 3.82. The standard InChI is InChI=1S/C21H18N2O3/c1-15(9-16-5-3-2-4-6-16)10-18(12-22)21(24)23-13-17-7-8-19-20(11-17)26-14-25-19/h2-11H,13-14H2,1H3,(H,23,24)/b15-9+,18-10+. The Bertz CT molecular complexity index is 909. The summed E-state index contributed by atoms with van der Waals surface area (Å²) >= 11 is 0. The summed E-state index contributed by atoms with van der Waals surface area (Å²) < 4.78 is 10.6. The van der Waals surface area contributed by atoms with Gasteiger partial charge in [-0.2, -0.15) is 5.26 Å². The van der Waals surface area contributed by atoms with E-state index in [0.29, 0.717) is 18.0 Å². The molecule has 0 aromatic heterocycles. The van der Waals surface area contributed by atoms with Crippen molar-refractivity contribution in [3.8, 4) is 17.6 Å². The Hall–Kier alpha value is -3.52. The van der Waals surface area contributed by atoms with Gasteiger partial charge in [0.1, 0.15) is 11.6 Å². The molecule has 0 fully saturated rings. The summed E-state index contributed by atoms with van der Waals surface area (Å²) in [6, 6.07) is 17.2. The van der Waals surface area contributed by atoms with Gasteiger partial charge < -0.3 is 14.8 Å². The molecule has 5 nitrogen and oxygen atoms in total. The molecule has 1 N–H and O–H groups in total. The van der Waals surface area contributed by atoms with Crippen molar-refractivity contribution in [2.75, 3.05) is 6.79 Å². The lowest BCUT2D eigenvalue weighted by molar-refractivity contribution is -0.117. The summed E-state index contributed by atoms with van der Waals surface area (Å²) in [7, 11) is 0. The minimum absolute atomic E-state index is 0.0652. The van der Waals surface area contributed by atoms with Crippen molar-refractivity contribution < 1.29 is 14.3 Å². The third-order valence-electron chi connectivity index (χ3n) is 3.82. The fourth-order valence-electron chi connectivity index (χ4n) is 2.56. The molecule has 1 aliphatic heterocycles.